The Morgan fingerprint density at radius 1 is 1.33 bits per heavy atom. The number of nitrogens with zero attached hydrogens (tertiary/aromatic N) is 4. The molecule has 0 radical (unpaired) electrons. The summed E-state index contributed by atoms with van der Waals surface area (Å²) in [7, 11) is 2.12. The van der Waals surface area contributed by atoms with Crippen LogP contribution in [0.15, 0.2) is 6.20 Å². The standard InChI is InChI=1S/C9H12ClIN4/c1-14-2-4-15(5-3-14)9-12-6-7(11)8(10)13-9/h6H,2-5H2,1H3. The van der Waals surface area contributed by atoms with Gasteiger partial charge in [0.05, 0.1) is 3.57 Å². The minimum atomic E-state index is 0.541. The van der Waals surface area contributed by atoms with Gasteiger partial charge in [0.1, 0.15) is 5.15 Å². The fourth-order valence-corrected chi connectivity index (χ4v) is 1.88. The average molecular weight is 339 g/mol. The van der Waals surface area contributed by atoms with Gasteiger partial charge in [0.25, 0.3) is 0 Å². The summed E-state index contributed by atoms with van der Waals surface area (Å²) in [4.78, 5) is 13.0. The van der Waals surface area contributed by atoms with Gasteiger partial charge in [-0.2, -0.15) is 4.98 Å². The smallest absolute Gasteiger partial charge is 0.226 e. The minimum Gasteiger partial charge on any atom is -0.338 e. The second kappa shape index (κ2) is 4.80. The van der Waals surface area contributed by atoms with Gasteiger partial charge in [-0.25, -0.2) is 4.98 Å². The molecular weight excluding hydrogens is 326 g/mol. The zero-order valence-electron chi connectivity index (χ0n) is 8.45. The molecule has 0 bridgehead atoms. The Kier molecular flexibility index (Phi) is 3.63. The predicted molar refractivity (Wildman–Crippen MR) is 69.5 cm³/mol. The number of piperazine rings is 1. The summed E-state index contributed by atoms with van der Waals surface area (Å²) in [5.74, 6) is 0.744. The SMILES string of the molecule is CN1CCN(c2ncc(I)c(Cl)n2)CC1. The molecule has 0 N–H and O–H groups in total. The van der Waals surface area contributed by atoms with Crippen molar-refractivity contribution in [1.29, 1.82) is 0 Å². The first-order valence-corrected chi connectivity index (χ1v) is 6.24. The number of halogens is 2. The highest BCUT2D eigenvalue weighted by Crippen LogP contribution is 2.18. The van der Waals surface area contributed by atoms with Crippen molar-refractivity contribution in [3.05, 3.63) is 14.9 Å². The second-order valence-electron chi connectivity index (χ2n) is 3.60. The number of likely N-dealkylation sites (N-methyl/N-ethyl adjacent to an activating group) is 1. The molecule has 6 heteroatoms. The van der Waals surface area contributed by atoms with E-state index in [0.29, 0.717) is 5.15 Å². The predicted octanol–water partition coefficient (Wildman–Crippen LogP) is 1.49. The van der Waals surface area contributed by atoms with E-state index >= 15 is 0 Å². The highest BCUT2D eigenvalue weighted by molar-refractivity contribution is 14.1. The van der Waals surface area contributed by atoms with Crippen molar-refractivity contribution >= 4 is 40.1 Å². The van der Waals surface area contributed by atoms with Gasteiger partial charge in [0.15, 0.2) is 0 Å². The van der Waals surface area contributed by atoms with Crippen molar-refractivity contribution in [3.63, 3.8) is 0 Å². The molecule has 2 heterocycles. The summed E-state index contributed by atoms with van der Waals surface area (Å²) in [6.45, 7) is 4.03. The molecule has 0 unspecified atom stereocenters. The largest absolute Gasteiger partial charge is 0.338 e. The molecule has 0 saturated carbocycles. The Morgan fingerprint density at radius 2 is 2.00 bits per heavy atom. The van der Waals surface area contributed by atoms with Crippen LogP contribution in [0.4, 0.5) is 5.95 Å². The van der Waals surface area contributed by atoms with Crippen LogP contribution in [0.3, 0.4) is 0 Å². The Morgan fingerprint density at radius 3 is 2.60 bits per heavy atom. The van der Waals surface area contributed by atoms with E-state index in [-0.39, 0.29) is 0 Å². The maximum atomic E-state index is 5.97. The Hall–Kier alpha value is -0.140. The number of rotatable bonds is 1. The maximum absolute atomic E-state index is 5.97. The second-order valence-corrected chi connectivity index (χ2v) is 5.12. The summed E-state index contributed by atoms with van der Waals surface area (Å²) >= 11 is 8.10. The van der Waals surface area contributed by atoms with Crippen molar-refractivity contribution < 1.29 is 0 Å². The van der Waals surface area contributed by atoms with E-state index in [1.54, 1.807) is 6.20 Å². The summed E-state index contributed by atoms with van der Waals surface area (Å²) in [5.41, 5.74) is 0. The molecule has 0 amide bonds. The number of aromatic nitrogens is 2. The molecule has 1 aromatic heterocycles. The third-order valence-electron chi connectivity index (χ3n) is 2.47. The van der Waals surface area contributed by atoms with Crippen molar-refractivity contribution in [2.45, 2.75) is 0 Å². The van der Waals surface area contributed by atoms with Crippen LogP contribution < -0.4 is 4.90 Å². The first-order valence-electron chi connectivity index (χ1n) is 4.78. The van der Waals surface area contributed by atoms with Crippen molar-refractivity contribution in [2.24, 2.45) is 0 Å². The monoisotopic (exact) mass is 338 g/mol. The van der Waals surface area contributed by atoms with E-state index in [2.05, 4.69) is 49.4 Å². The van der Waals surface area contributed by atoms with E-state index < -0.39 is 0 Å². The van der Waals surface area contributed by atoms with Crippen LogP contribution in [0.2, 0.25) is 5.15 Å². The summed E-state index contributed by atoms with van der Waals surface area (Å²) < 4.78 is 0.896. The highest BCUT2D eigenvalue weighted by atomic mass is 127. The van der Waals surface area contributed by atoms with E-state index in [1.165, 1.54) is 0 Å². The number of anilines is 1. The Bertz CT molecular complexity index is 352. The van der Waals surface area contributed by atoms with Gasteiger partial charge in [-0.3, -0.25) is 0 Å². The van der Waals surface area contributed by atoms with Crippen LogP contribution in [-0.2, 0) is 0 Å². The topological polar surface area (TPSA) is 32.3 Å². The van der Waals surface area contributed by atoms with Crippen molar-refractivity contribution in [3.8, 4) is 0 Å². The van der Waals surface area contributed by atoms with Crippen LogP contribution in [0.5, 0.6) is 0 Å². The van der Waals surface area contributed by atoms with E-state index in [4.69, 9.17) is 11.6 Å². The van der Waals surface area contributed by atoms with Gasteiger partial charge in [-0.15, -0.1) is 0 Å². The lowest BCUT2D eigenvalue weighted by Crippen LogP contribution is -2.45. The van der Waals surface area contributed by atoms with E-state index in [1.807, 2.05) is 0 Å². The molecule has 2 rings (SSSR count). The Balaban J connectivity index is 2.12. The summed E-state index contributed by atoms with van der Waals surface area (Å²) in [6, 6.07) is 0. The molecule has 1 fully saturated rings. The third-order valence-corrected chi connectivity index (χ3v) is 3.87. The Labute approximate surface area is 108 Å². The molecule has 82 valence electrons. The number of hydrogen-bond donors (Lipinski definition) is 0. The normalized spacial score (nSPS) is 18.2. The molecule has 0 aliphatic carbocycles. The van der Waals surface area contributed by atoms with E-state index in [9.17, 15) is 0 Å². The van der Waals surface area contributed by atoms with Crippen LogP contribution in [0.1, 0.15) is 0 Å². The van der Waals surface area contributed by atoms with Gasteiger partial charge in [0, 0.05) is 32.4 Å². The van der Waals surface area contributed by atoms with Crippen molar-refractivity contribution in [1.82, 2.24) is 14.9 Å². The molecular formula is C9H12ClIN4. The summed E-state index contributed by atoms with van der Waals surface area (Å²) in [6.07, 6.45) is 1.77. The molecule has 4 nitrogen and oxygen atoms in total. The minimum absolute atomic E-state index is 0.541. The zero-order valence-corrected chi connectivity index (χ0v) is 11.4. The maximum Gasteiger partial charge on any atom is 0.226 e. The zero-order chi connectivity index (χ0) is 10.8. The van der Waals surface area contributed by atoms with Gasteiger partial charge in [-0.1, -0.05) is 11.6 Å². The first-order chi connectivity index (χ1) is 7.16. The third kappa shape index (κ3) is 2.70. The lowest BCUT2D eigenvalue weighted by Gasteiger charge is -2.32. The highest BCUT2D eigenvalue weighted by Gasteiger charge is 2.16. The molecule has 1 aliphatic rings. The van der Waals surface area contributed by atoms with E-state index in [0.717, 1.165) is 35.7 Å². The molecule has 0 aromatic carbocycles. The molecule has 15 heavy (non-hydrogen) atoms. The van der Waals surface area contributed by atoms with Crippen LogP contribution in [0.25, 0.3) is 0 Å². The fraction of sp³-hybridized carbons (Fsp3) is 0.556. The van der Waals surface area contributed by atoms with Crippen LogP contribution >= 0.6 is 34.2 Å². The van der Waals surface area contributed by atoms with Gasteiger partial charge < -0.3 is 9.80 Å². The van der Waals surface area contributed by atoms with Crippen LogP contribution in [-0.4, -0.2) is 48.1 Å². The number of hydrogen-bond acceptors (Lipinski definition) is 4. The van der Waals surface area contributed by atoms with Gasteiger partial charge >= 0.3 is 0 Å². The quantitative estimate of drug-likeness (QED) is 0.574. The first kappa shape index (κ1) is 11.3. The fourth-order valence-electron chi connectivity index (χ4n) is 1.50. The molecule has 0 spiro atoms. The molecule has 1 saturated heterocycles. The molecule has 1 aliphatic heterocycles. The van der Waals surface area contributed by atoms with Crippen molar-refractivity contribution in [2.75, 3.05) is 38.1 Å². The lowest BCUT2D eigenvalue weighted by molar-refractivity contribution is 0.311. The van der Waals surface area contributed by atoms with Gasteiger partial charge in [-0.05, 0) is 29.6 Å². The summed E-state index contributed by atoms with van der Waals surface area (Å²) in [5, 5.41) is 0.541. The van der Waals surface area contributed by atoms with Gasteiger partial charge in [0.2, 0.25) is 5.95 Å². The average Bonchev–Trinajstić information content (AvgIpc) is 2.23. The molecule has 0 atom stereocenters. The lowest BCUT2D eigenvalue weighted by atomic mass is 10.3. The molecule has 1 aromatic rings. The van der Waals surface area contributed by atoms with Crippen LogP contribution in [0, 0.1) is 3.57 Å².